The summed E-state index contributed by atoms with van der Waals surface area (Å²) < 4.78 is 3.61. The largest absolute Gasteiger partial charge is 0.337 e. The fourth-order valence-electron chi connectivity index (χ4n) is 2.18. The number of rotatable bonds is 3. The lowest BCUT2D eigenvalue weighted by Gasteiger charge is -2.08. The average molecular weight is 256 g/mol. The van der Waals surface area contributed by atoms with Crippen molar-refractivity contribution in [3.63, 3.8) is 0 Å². The lowest BCUT2D eigenvalue weighted by atomic mass is 10.2. The van der Waals surface area contributed by atoms with Crippen LogP contribution in [-0.2, 0) is 13.5 Å². The van der Waals surface area contributed by atoms with Crippen molar-refractivity contribution in [1.29, 1.82) is 0 Å². The second kappa shape index (κ2) is 4.38. The molecule has 3 aromatic rings. The number of fused-ring (bicyclic) bond motifs is 1. The third-order valence-electron chi connectivity index (χ3n) is 3.03. The van der Waals surface area contributed by atoms with Crippen molar-refractivity contribution in [1.82, 2.24) is 24.4 Å². The quantitative estimate of drug-likeness (QED) is 0.779. The number of aromatic nitrogens is 5. The molecule has 0 spiro atoms. The van der Waals surface area contributed by atoms with Crippen molar-refractivity contribution in [3.8, 4) is 0 Å². The Bertz CT molecular complexity index is 724. The van der Waals surface area contributed by atoms with Crippen molar-refractivity contribution in [2.45, 2.75) is 20.3 Å². The molecule has 3 heterocycles. The van der Waals surface area contributed by atoms with E-state index in [0.717, 1.165) is 34.8 Å². The molecule has 0 unspecified atom stereocenters. The van der Waals surface area contributed by atoms with Gasteiger partial charge in [0.2, 0.25) is 0 Å². The number of nitrogens with one attached hydrogen (secondary N) is 1. The van der Waals surface area contributed by atoms with Gasteiger partial charge in [-0.15, -0.1) is 0 Å². The van der Waals surface area contributed by atoms with Crippen molar-refractivity contribution in [3.05, 3.63) is 35.9 Å². The van der Waals surface area contributed by atoms with Gasteiger partial charge in [0.25, 0.3) is 0 Å². The third-order valence-corrected chi connectivity index (χ3v) is 3.03. The summed E-state index contributed by atoms with van der Waals surface area (Å²) in [5, 5.41) is 12.0. The van der Waals surface area contributed by atoms with Crippen LogP contribution in [0.15, 0.2) is 24.7 Å². The predicted octanol–water partition coefficient (Wildman–Crippen LogP) is 2.08. The minimum absolute atomic E-state index is 0.837. The number of aryl methyl sites for hydroxylation is 3. The number of hydrogen-bond donors (Lipinski definition) is 1. The molecule has 0 radical (unpaired) electrons. The van der Waals surface area contributed by atoms with E-state index in [1.807, 2.05) is 37.0 Å². The maximum absolute atomic E-state index is 4.42. The maximum atomic E-state index is 4.42. The molecule has 0 aromatic carbocycles. The SMILES string of the molecule is CCc1nn(C)cc1Nc1cc(C)cc2ncnn12. The van der Waals surface area contributed by atoms with Crippen LogP contribution in [0.1, 0.15) is 18.2 Å². The molecule has 0 atom stereocenters. The summed E-state index contributed by atoms with van der Waals surface area (Å²) in [4.78, 5) is 4.22. The monoisotopic (exact) mass is 256 g/mol. The van der Waals surface area contributed by atoms with Crippen LogP contribution in [-0.4, -0.2) is 24.4 Å². The van der Waals surface area contributed by atoms with Gasteiger partial charge in [-0.1, -0.05) is 6.92 Å². The summed E-state index contributed by atoms with van der Waals surface area (Å²) in [5.41, 5.74) is 4.03. The van der Waals surface area contributed by atoms with Gasteiger partial charge >= 0.3 is 0 Å². The Morgan fingerprint density at radius 1 is 1.32 bits per heavy atom. The van der Waals surface area contributed by atoms with E-state index in [4.69, 9.17) is 0 Å². The fourth-order valence-corrected chi connectivity index (χ4v) is 2.18. The lowest BCUT2D eigenvalue weighted by molar-refractivity contribution is 0.746. The molecule has 1 N–H and O–H groups in total. The van der Waals surface area contributed by atoms with E-state index >= 15 is 0 Å². The molecule has 0 amide bonds. The molecule has 3 aromatic heterocycles. The first kappa shape index (κ1) is 11.7. The summed E-state index contributed by atoms with van der Waals surface area (Å²) in [6, 6.07) is 4.05. The van der Waals surface area contributed by atoms with Crippen molar-refractivity contribution < 1.29 is 0 Å². The highest BCUT2D eigenvalue weighted by molar-refractivity contribution is 5.62. The summed E-state index contributed by atoms with van der Waals surface area (Å²) in [7, 11) is 1.92. The molecule has 19 heavy (non-hydrogen) atoms. The van der Waals surface area contributed by atoms with Gasteiger partial charge in [0.1, 0.15) is 12.1 Å². The molecule has 0 aliphatic carbocycles. The molecule has 98 valence electrons. The van der Waals surface area contributed by atoms with E-state index in [9.17, 15) is 0 Å². The Morgan fingerprint density at radius 2 is 2.16 bits per heavy atom. The van der Waals surface area contributed by atoms with Gasteiger partial charge < -0.3 is 5.32 Å². The van der Waals surface area contributed by atoms with Gasteiger partial charge in [0, 0.05) is 13.2 Å². The first-order valence-corrected chi connectivity index (χ1v) is 6.27. The Hall–Kier alpha value is -2.37. The van der Waals surface area contributed by atoms with E-state index in [-0.39, 0.29) is 0 Å². The van der Waals surface area contributed by atoms with E-state index < -0.39 is 0 Å². The predicted molar refractivity (Wildman–Crippen MR) is 73.6 cm³/mol. The van der Waals surface area contributed by atoms with Crippen molar-refractivity contribution in [2.75, 3.05) is 5.32 Å². The minimum Gasteiger partial charge on any atom is -0.337 e. The smallest absolute Gasteiger partial charge is 0.157 e. The van der Waals surface area contributed by atoms with Crippen LogP contribution in [0.4, 0.5) is 11.5 Å². The molecule has 0 fully saturated rings. The van der Waals surface area contributed by atoms with Gasteiger partial charge in [-0.25, -0.2) is 4.98 Å². The van der Waals surface area contributed by atoms with Gasteiger partial charge in [-0.05, 0) is 31.0 Å². The van der Waals surface area contributed by atoms with Gasteiger partial charge in [-0.2, -0.15) is 14.7 Å². The highest BCUT2D eigenvalue weighted by atomic mass is 15.3. The first-order valence-electron chi connectivity index (χ1n) is 6.27. The standard InChI is InChI=1S/C13H16N6/c1-4-10-11(7-18(3)17-10)16-13-6-9(2)5-12-14-8-15-19(12)13/h5-8,16H,4H2,1-3H3. The zero-order valence-corrected chi connectivity index (χ0v) is 11.3. The molecular formula is C13H16N6. The lowest BCUT2D eigenvalue weighted by Crippen LogP contribution is -2.01. The zero-order valence-electron chi connectivity index (χ0n) is 11.3. The molecule has 0 aliphatic heterocycles. The Morgan fingerprint density at radius 3 is 2.95 bits per heavy atom. The highest BCUT2D eigenvalue weighted by Crippen LogP contribution is 2.21. The third kappa shape index (κ3) is 2.05. The van der Waals surface area contributed by atoms with Crippen LogP contribution in [0.3, 0.4) is 0 Å². The Balaban J connectivity index is 2.07. The second-order valence-electron chi connectivity index (χ2n) is 4.59. The molecule has 3 rings (SSSR count). The topological polar surface area (TPSA) is 60.0 Å². The molecule has 0 bridgehead atoms. The van der Waals surface area contributed by atoms with E-state index in [0.29, 0.717) is 0 Å². The summed E-state index contributed by atoms with van der Waals surface area (Å²) in [6.07, 6.45) is 4.42. The fraction of sp³-hybridized carbons (Fsp3) is 0.308. The van der Waals surface area contributed by atoms with E-state index in [2.05, 4.69) is 27.4 Å². The Kier molecular flexibility index (Phi) is 2.70. The molecule has 0 saturated carbocycles. The highest BCUT2D eigenvalue weighted by Gasteiger charge is 2.09. The van der Waals surface area contributed by atoms with Crippen LogP contribution < -0.4 is 5.32 Å². The van der Waals surface area contributed by atoms with Crippen LogP contribution in [0.5, 0.6) is 0 Å². The van der Waals surface area contributed by atoms with Crippen molar-refractivity contribution >= 4 is 17.2 Å². The molecule has 0 saturated heterocycles. The number of anilines is 2. The molecule has 6 heteroatoms. The summed E-state index contributed by atoms with van der Waals surface area (Å²) in [6.45, 7) is 4.14. The van der Waals surface area contributed by atoms with Gasteiger partial charge in [-0.3, -0.25) is 4.68 Å². The number of nitrogens with zero attached hydrogens (tertiary/aromatic N) is 5. The minimum atomic E-state index is 0.837. The molecule has 0 aliphatic rings. The summed E-state index contributed by atoms with van der Waals surface area (Å²) >= 11 is 0. The molecule has 6 nitrogen and oxygen atoms in total. The van der Waals surface area contributed by atoms with E-state index in [1.165, 1.54) is 0 Å². The molecular weight excluding hydrogens is 240 g/mol. The second-order valence-corrected chi connectivity index (χ2v) is 4.59. The zero-order chi connectivity index (χ0) is 13.4. The van der Waals surface area contributed by atoms with Crippen LogP contribution in [0, 0.1) is 6.92 Å². The van der Waals surface area contributed by atoms with Crippen molar-refractivity contribution in [2.24, 2.45) is 7.05 Å². The van der Waals surface area contributed by atoms with Crippen LogP contribution in [0.2, 0.25) is 0 Å². The Labute approximate surface area is 111 Å². The normalized spacial score (nSPS) is 11.1. The van der Waals surface area contributed by atoms with Crippen LogP contribution >= 0.6 is 0 Å². The maximum Gasteiger partial charge on any atom is 0.157 e. The van der Waals surface area contributed by atoms with Gasteiger partial charge in [0.15, 0.2) is 5.65 Å². The van der Waals surface area contributed by atoms with Gasteiger partial charge in [0.05, 0.1) is 11.4 Å². The number of pyridine rings is 1. The first-order chi connectivity index (χ1) is 9.17. The summed E-state index contributed by atoms with van der Waals surface area (Å²) in [5.74, 6) is 0.898. The average Bonchev–Trinajstić information content (AvgIpc) is 2.95. The number of hydrogen-bond acceptors (Lipinski definition) is 4. The van der Waals surface area contributed by atoms with E-state index in [1.54, 1.807) is 10.8 Å². The van der Waals surface area contributed by atoms with Crippen LogP contribution in [0.25, 0.3) is 5.65 Å².